The molecule has 1 aromatic carbocycles. The van der Waals surface area contributed by atoms with Crippen LogP contribution in [0, 0.1) is 5.41 Å². The van der Waals surface area contributed by atoms with Crippen LogP contribution in [-0.2, 0) is 4.79 Å². The van der Waals surface area contributed by atoms with Crippen molar-refractivity contribution < 1.29 is 4.79 Å². The van der Waals surface area contributed by atoms with Crippen LogP contribution in [0.3, 0.4) is 0 Å². The highest BCUT2D eigenvalue weighted by molar-refractivity contribution is 6.05. The summed E-state index contributed by atoms with van der Waals surface area (Å²) in [5.74, 6) is 0.192. The highest BCUT2D eigenvalue weighted by Gasteiger charge is 2.55. The number of amides is 1. The number of anilines is 1. The van der Waals surface area contributed by atoms with Gasteiger partial charge < -0.3 is 0 Å². The first kappa shape index (κ1) is 11.1. The molecule has 1 fully saturated rings. The summed E-state index contributed by atoms with van der Waals surface area (Å²) in [7, 11) is 4.02. The van der Waals surface area contributed by atoms with Gasteiger partial charge >= 0.3 is 0 Å². The molecule has 1 aromatic rings. The van der Waals surface area contributed by atoms with Gasteiger partial charge in [0.05, 0.1) is 5.41 Å². The molecule has 3 heteroatoms. The smallest absolute Gasteiger partial charge is 0.237 e. The number of carbonyl (C=O) groups excluding carboxylic acids is 1. The molecule has 3 nitrogen and oxygen atoms in total. The van der Waals surface area contributed by atoms with Crippen LogP contribution in [0.2, 0.25) is 0 Å². The zero-order valence-corrected chi connectivity index (χ0v) is 10.3. The Balaban J connectivity index is 2.33. The van der Waals surface area contributed by atoms with E-state index in [2.05, 4.69) is 4.90 Å². The van der Waals surface area contributed by atoms with E-state index < -0.39 is 0 Å². The molecule has 1 aliphatic rings. The fourth-order valence-corrected chi connectivity index (χ4v) is 2.51. The maximum atomic E-state index is 12.1. The molecule has 0 spiro atoms. The maximum absolute atomic E-state index is 12.1. The fraction of sp³-hybridized carbons (Fsp3) is 0.462. The molecule has 1 unspecified atom stereocenters. The number of hydrogen-bond acceptors (Lipinski definition) is 2. The van der Waals surface area contributed by atoms with Crippen molar-refractivity contribution in [3.05, 3.63) is 30.3 Å². The van der Waals surface area contributed by atoms with Crippen molar-refractivity contribution in [2.45, 2.75) is 20.0 Å². The Morgan fingerprint density at radius 1 is 1.19 bits per heavy atom. The van der Waals surface area contributed by atoms with Gasteiger partial charge in [-0.2, -0.15) is 0 Å². The summed E-state index contributed by atoms with van der Waals surface area (Å²) in [4.78, 5) is 16.1. The van der Waals surface area contributed by atoms with Gasteiger partial charge in [-0.25, -0.2) is 0 Å². The molecule has 1 aliphatic heterocycles. The van der Waals surface area contributed by atoms with E-state index in [0.717, 1.165) is 5.69 Å². The van der Waals surface area contributed by atoms with Gasteiger partial charge in [0.1, 0.15) is 6.17 Å². The van der Waals surface area contributed by atoms with Gasteiger partial charge in [0.15, 0.2) is 0 Å². The van der Waals surface area contributed by atoms with E-state index in [1.807, 2.05) is 63.2 Å². The van der Waals surface area contributed by atoms with Crippen LogP contribution in [0.25, 0.3) is 0 Å². The molecule has 0 bridgehead atoms. The number of β-lactam (4-membered cyclic amide) rings is 1. The van der Waals surface area contributed by atoms with Gasteiger partial charge in [-0.05, 0) is 40.1 Å². The summed E-state index contributed by atoms with van der Waals surface area (Å²) in [6.07, 6.45) is 0.141. The normalized spacial score (nSPS) is 23.4. The maximum Gasteiger partial charge on any atom is 0.237 e. The standard InChI is InChI=1S/C13H18N2O/c1-13(2)11(14(3)4)15(12(13)16)10-8-6-5-7-9-10/h5-9,11H,1-4H3. The fourth-order valence-electron chi connectivity index (χ4n) is 2.51. The Bertz CT molecular complexity index is 398. The first-order chi connectivity index (χ1) is 7.46. The monoisotopic (exact) mass is 218 g/mol. The topological polar surface area (TPSA) is 23.6 Å². The molecule has 2 rings (SSSR count). The third-order valence-electron chi connectivity index (χ3n) is 3.18. The van der Waals surface area contributed by atoms with Crippen LogP contribution in [-0.4, -0.2) is 31.1 Å². The summed E-state index contributed by atoms with van der Waals surface area (Å²) in [6, 6.07) is 9.83. The van der Waals surface area contributed by atoms with Crippen molar-refractivity contribution in [1.82, 2.24) is 4.90 Å². The SMILES string of the molecule is CN(C)C1N(c2ccccc2)C(=O)C1(C)C. The lowest BCUT2D eigenvalue weighted by molar-refractivity contribution is -0.142. The minimum absolute atomic E-state index is 0.141. The lowest BCUT2D eigenvalue weighted by Crippen LogP contribution is -2.71. The molecule has 0 aliphatic carbocycles. The van der Waals surface area contributed by atoms with Crippen molar-refractivity contribution in [2.75, 3.05) is 19.0 Å². The molecular formula is C13H18N2O. The Kier molecular flexibility index (Phi) is 2.50. The van der Waals surface area contributed by atoms with Gasteiger partial charge in [-0.15, -0.1) is 0 Å². The van der Waals surface area contributed by atoms with Crippen molar-refractivity contribution >= 4 is 11.6 Å². The second-order valence-corrected chi connectivity index (χ2v) is 5.07. The van der Waals surface area contributed by atoms with Crippen LogP contribution >= 0.6 is 0 Å². The predicted octanol–water partition coefficient (Wildman–Crippen LogP) is 1.95. The Hall–Kier alpha value is -1.35. The molecule has 0 radical (unpaired) electrons. The molecule has 1 heterocycles. The highest BCUT2D eigenvalue weighted by Crippen LogP contribution is 2.42. The zero-order chi connectivity index (χ0) is 11.9. The quantitative estimate of drug-likeness (QED) is 0.708. The Labute approximate surface area is 96.7 Å². The molecule has 86 valence electrons. The van der Waals surface area contributed by atoms with Crippen molar-refractivity contribution in [3.8, 4) is 0 Å². The first-order valence-electron chi connectivity index (χ1n) is 5.51. The molecule has 0 saturated carbocycles. The van der Waals surface area contributed by atoms with Crippen molar-refractivity contribution in [1.29, 1.82) is 0 Å². The van der Waals surface area contributed by atoms with Crippen LogP contribution < -0.4 is 4.90 Å². The average molecular weight is 218 g/mol. The van der Waals surface area contributed by atoms with E-state index in [-0.39, 0.29) is 17.5 Å². The van der Waals surface area contributed by atoms with E-state index in [1.165, 1.54) is 0 Å². The molecule has 1 atom stereocenters. The first-order valence-corrected chi connectivity index (χ1v) is 5.51. The molecule has 0 aromatic heterocycles. The minimum Gasteiger partial charge on any atom is -0.295 e. The number of rotatable bonds is 2. The summed E-state index contributed by atoms with van der Waals surface area (Å²) >= 11 is 0. The molecular weight excluding hydrogens is 200 g/mol. The number of benzene rings is 1. The predicted molar refractivity (Wildman–Crippen MR) is 65.2 cm³/mol. The lowest BCUT2D eigenvalue weighted by atomic mass is 9.77. The van der Waals surface area contributed by atoms with Crippen LogP contribution in [0.15, 0.2) is 30.3 Å². The van der Waals surface area contributed by atoms with Gasteiger partial charge in [0.25, 0.3) is 0 Å². The number of hydrogen-bond donors (Lipinski definition) is 0. The lowest BCUT2D eigenvalue weighted by Gasteiger charge is -2.55. The van der Waals surface area contributed by atoms with Gasteiger partial charge in [0, 0.05) is 5.69 Å². The van der Waals surface area contributed by atoms with Gasteiger partial charge in [-0.1, -0.05) is 18.2 Å². The largest absolute Gasteiger partial charge is 0.295 e. The average Bonchev–Trinajstić information content (AvgIpc) is 2.25. The molecule has 16 heavy (non-hydrogen) atoms. The second-order valence-electron chi connectivity index (χ2n) is 5.07. The summed E-state index contributed by atoms with van der Waals surface area (Å²) < 4.78 is 0. The third kappa shape index (κ3) is 1.43. The number of nitrogens with zero attached hydrogens (tertiary/aromatic N) is 2. The number of para-hydroxylation sites is 1. The van der Waals surface area contributed by atoms with E-state index >= 15 is 0 Å². The zero-order valence-electron chi connectivity index (χ0n) is 10.3. The van der Waals surface area contributed by atoms with Crippen molar-refractivity contribution in [3.63, 3.8) is 0 Å². The van der Waals surface area contributed by atoms with Crippen LogP contribution in [0.1, 0.15) is 13.8 Å². The Morgan fingerprint density at radius 2 is 1.75 bits per heavy atom. The summed E-state index contributed by atoms with van der Waals surface area (Å²) in [6.45, 7) is 4.00. The van der Waals surface area contributed by atoms with E-state index in [0.29, 0.717) is 0 Å². The second kappa shape index (κ2) is 3.59. The van der Waals surface area contributed by atoms with E-state index in [1.54, 1.807) is 0 Å². The molecule has 1 amide bonds. The molecule has 1 saturated heterocycles. The minimum atomic E-state index is -0.292. The van der Waals surface area contributed by atoms with Gasteiger partial charge in [-0.3, -0.25) is 14.6 Å². The Morgan fingerprint density at radius 3 is 2.25 bits per heavy atom. The highest BCUT2D eigenvalue weighted by atomic mass is 16.2. The van der Waals surface area contributed by atoms with E-state index in [4.69, 9.17) is 0 Å². The van der Waals surface area contributed by atoms with Gasteiger partial charge in [0.2, 0.25) is 5.91 Å². The van der Waals surface area contributed by atoms with E-state index in [9.17, 15) is 4.79 Å². The summed E-state index contributed by atoms with van der Waals surface area (Å²) in [5, 5.41) is 0. The third-order valence-corrected chi connectivity index (χ3v) is 3.18. The molecule has 0 N–H and O–H groups in total. The van der Waals surface area contributed by atoms with Crippen molar-refractivity contribution in [2.24, 2.45) is 5.41 Å². The van der Waals surface area contributed by atoms with Crippen LogP contribution in [0.4, 0.5) is 5.69 Å². The summed E-state index contributed by atoms with van der Waals surface area (Å²) in [5.41, 5.74) is 0.685. The van der Waals surface area contributed by atoms with Crippen LogP contribution in [0.5, 0.6) is 0 Å². The number of carbonyl (C=O) groups is 1.